The van der Waals surface area contributed by atoms with Crippen LogP contribution < -0.4 is 10.2 Å². The van der Waals surface area contributed by atoms with Gasteiger partial charge in [0.05, 0.1) is 0 Å². The molecular weight excluding hydrogens is 374 g/mol. The van der Waals surface area contributed by atoms with Gasteiger partial charge in [-0.15, -0.1) is 0 Å². The van der Waals surface area contributed by atoms with Gasteiger partial charge in [-0.25, -0.2) is 0 Å². The molecule has 1 aliphatic heterocycles. The zero-order chi connectivity index (χ0) is 21.1. The maximum Gasteiger partial charge on any atom is 0.223 e. The van der Waals surface area contributed by atoms with Crippen LogP contribution in [0.25, 0.3) is 0 Å². The first-order valence-corrected chi connectivity index (χ1v) is 11.9. The van der Waals surface area contributed by atoms with E-state index in [1.807, 2.05) is 0 Å². The predicted molar refractivity (Wildman–Crippen MR) is 121 cm³/mol. The molecule has 0 radical (unpaired) electrons. The van der Waals surface area contributed by atoms with Crippen LogP contribution in [-0.4, -0.2) is 55.4 Å². The van der Waals surface area contributed by atoms with Crippen molar-refractivity contribution in [3.8, 4) is 0 Å². The highest BCUT2D eigenvalue weighted by molar-refractivity contribution is 5.88. The van der Waals surface area contributed by atoms with Crippen LogP contribution in [0.15, 0.2) is 24.3 Å². The highest BCUT2D eigenvalue weighted by Gasteiger charge is 2.41. The van der Waals surface area contributed by atoms with Crippen LogP contribution in [0.1, 0.15) is 51.0 Å². The van der Waals surface area contributed by atoms with E-state index in [1.54, 1.807) is 0 Å². The SMILES string of the molecule is Cc1cccc(N2CCN(CC[C@H](C)NC(=O)C3C[C@H]4CCC[C@@H](C3)C4=O)CC2)c1. The van der Waals surface area contributed by atoms with Crippen LogP contribution in [0, 0.1) is 24.7 Å². The summed E-state index contributed by atoms with van der Waals surface area (Å²) < 4.78 is 0. The van der Waals surface area contributed by atoms with Gasteiger partial charge in [-0.3, -0.25) is 14.5 Å². The number of benzene rings is 1. The number of nitrogens with zero attached hydrogens (tertiary/aromatic N) is 2. The second-order valence-electron chi connectivity index (χ2n) is 9.76. The maximum absolute atomic E-state index is 12.8. The van der Waals surface area contributed by atoms with Crippen molar-refractivity contribution in [2.45, 2.75) is 58.4 Å². The minimum absolute atomic E-state index is 0.0401. The fourth-order valence-electron chi connectivity index (χ4n) is 5.56. The average molecular weight is 412 g/mol. The number of Topliss-reactive ketones (excluding diaryl/α,β-unsaturated/α-hetero) is 1. The molecule has 1 amide bonds. The number of carbonyl (C=O) groups excluding carboxylic acids is 2. The number of carbonyl (C=O) groups is 2. The maximum atomic E-state index is 12.8. The molecular formula is C25H37N3O2. The molecule has 1 saturated heterocycles. The van der Waals surface area contributed by atoms with Crippen LogP contribution in [-0.2, 0) is 9.59 Å². The Labute approximate surface area is 181 Å². The highest BCUT2D eigenvalue weighted by Crippen LogP contribution is 2.40. The molecule has 5 heteroatoms. The molecule has 2 saturated carbocycles. The first-order valence-electron chi connectivity index (χ1n) is 11.9. The van der Waals surface area contributed by atoms with E-state index in [-0.39, 0.29) is 29.7 Å². The first-order chi connectivity index (χ1) is 14.5. The van der Waals surface area contributed by atoms with E-state index in [0.29, 0.717) is 5.78 Å². The number of aryl methyl sites for hydroxylation is 1. The number of ketones is 1. The second-order valence-corrected chi connectivity index (χ2v) is 9.76. The van der Waals surface area contributed by atoms with Gasteiger partial charge < -0.3 is 10.2 Å². The monoisotopic (exact) mass is 411 g/mol. The van der Waals surface area contributed by atoms with Gasteiger partial charge in [-0.2, -0.15) is 0 Å². The van der Waals surface area contributed by atoms with E-state index in [2.05, 4.69) is 53.2 Å². The van der Waals surface area contributed by atoms with Crippen molar-refractivity contribution in [1.82, 2.24) is 10.2 Å². The van der Waals surface area contributed by atoms with Crippen molar-refractivity contribution >= 4 is 17.4 Å². The van der Waals surface area contributed by atoms with E-state index in [0.717, 1.165) is 71.2 Å². The molecule has 2 bridgehead atoms. The summed E-state index contributed by atoms with van der Waals surface area (Å²) >= 11 is 0. The van der Waals surface area contributed by atoms with Gasteiger partial charge in [-0.1, -0.05) is 18.6 Å². The predicted octanol–water partition coefficient (Wildman–Crippen LogP) is 3.41. The van der Waals surface area contributed by atoms with Crippen molar-refractivity contribution in [2.24, 2.45) is 17.8 Å². The molecule has 1 N–H and O–H groups in total. The van der Waals surface area contributed by atoms with Crippen LogP contribution in [0.5, 0.6) is 0 Å². The van der Waals surface area contributed by atoms with Crippen molar-refractivity contribution in [1.29, 1.82) is 0 Å². The van der Waals surface area contributed by atoms with E-state index < -0.39 is 0 Å². The fourth-order valence-corrected chi connectivity index (χ4v) is 5.56. The van der Waals surface area contributed by atoms with E-state index in [4.69, 9.17) is 0 Å². The number of fused-ring (bicyclic) bond motifs is 2. The van der Waals surface area contributed by atoms with Crippen LogP contribution in [0.3, 0.4) is 0 Å². The molecule has 0 aromatic heterocycles. The molecule has 4 atom stereocenters. The smallest absolute Gasteiger partial charge is 0.223 e. The largest absolute Gasteiger partial charge is 0.369 e. The van der Waals surface area contributed by atoms with Gasteiger partial charge in [0.1, 0.15) is 5.78 Å². The Hall–Kier alpha value is -1.88. The Morgan fingerprint density at radius 3 is 2.50 bits per heavy atom. The van der Waals surface area contributed by atoms with E-state index in [9.17, 15) is 9.59 Å². The highest BCUT2D eigenvalue weighted by atomic mass is 16.2. The number of piperazine rings is 1. The molecule has 1 heterocycles. The number of nitrogens with one attached hydrogen (secondary N) is 1. The summed E-state index contributed by atoms with van der Waals surface area (Å²) in [4.78, 5) is 30.0. The Balaban J connectivity index is 1.18. The molecule has 164 valence electrons. The minimum Gasteiger partial charge on any atom is -0.369 e. The normalized spacial score (nSPS) is 28.3. The molecule has 2 aliphatic carbocycles. The third-order valence-electron chi connectivity index (χ3n) is 7.42. The summed E-state index contributed by atoms with van der Waals surface area (Å²) in [5.74, 6) is 0.944. The Morgan fingerprint density at radius 1 is 1.13 bits per heavy atom. The van der Waals surface area contributed by atoms with Crippen molar-refractivity contribution < 1.29 is 9.59 Å². The summed E-state index contributed by atoms with van der Waals surface area (Å²) in [5.41, 5.74) is 2.64. The van der Waals surface area contributed by atoms with Gasteiger partial charge >= 0.3 is 0 Å². The Bertz CT molecular complexity index is 741. The van der Waals surface area contributed by atoms with Gasteiger partial charge in [0, 0.05) is 62.2 Å². The number of rotatable bonds is 6. The van der Waals surface area contributed by atoms with Gasteiger partial charge in [0.2, 0.25) is 5.91 Å². The summed E-state index contributed by atoms with van der Waals surface area (Å²) in [6.45, 7) is 9.55. The zero-order valence-corrected chi connectivity index (χ0v) is 18.6. The minimum atomic E-state index is 0.0401. The standard InChI is InChI=1S/C25H37N3O2/c1-18-5-3-8-23(15-18)28-13-11-27(12-14-28)10-9-19(2)26-25(30)22-16-20-6-4-7-21(17-22)24(20)29/h3,5,8,15,19-22H,4,6-7,9-14,16-17H2,1-2H3,(H,26,30)/t19-,20-,21+,22?/m0/s1. The molecule has 0 spiro atoms. The Kier molecular flexibility index (Phi) is 6.77. The molecule has 1 unspecified atom stereocenters. The van der Waals surface area contributed by atoms with Gasteiger partial charge in [0.25, 0.3) is 0 Å². The molecule has 3 aliphatic rings. The summed E-state index contributed by atoms with van der Waals surface area (Å²) in [7, 11) is 0. The third kappa shape index (κ3) is 5.05. The molecule has 1 aromatic carbocycles. The first kappa shape index (κ1) is 21.4. The lowest BCUT2D eigenvalue weighted by molar-refractivity contribution is -0.137. The van der Waals surface area contributed by atoms with E-state index >= 15 is 0 Å². The van der Waals surface area contributed by atoms with E-state index in [1.165, 1.54) is 11.3 Å². The molecule has 5 nitrogen and oxygen atoms in total. The van der Waals surface area contributed by atoms with Crippen LogP contribution in [0.2, 0.25) is 0 Å². The number of hydrogen-bond donors (Lipinski definition) is 1. The Morgan fingerprint density at radius 2 is 1.83 bits per heavy atom. The zero-order valence-electron chi connectivity index (χ0n) is 18.6. The number of hydrogen-bond acceptors (Lipinski definition) is 4. The van der Waals surface area contributed by atoms with Crippen molar-refractivity contribution in [3.63, 3.8) is 0 Å². The molecule has 30 heavy (non-hydrogen) atoms. The molecule has 3 fully saturated rings. The quantitative estimate of drug-likeness (QED) is 0.779. The van der Waals surface area contributed by atoms with Crippen LogP contribution in [0.4, 0.5) is 5.69 Å². The number of amides is 1. The van der Waals surface area contributed by atoms with Crippen LogP contribution >= 0.6 is 0 Å². The van der Waals surface area contributed by atoms with Gasteiger partial charge in [-0.05, 0) is 63.6 Å². The molecule has 1 aromatic rings. The lowest BCUT2D eigenvalue weighted by Gasteiger charge is -2.38. The molecule has 4 rings (SSSR count). The third-order valence-corrected chi connectivity index (χ3v) is 7.42. The topological polar surface area (TPSA) is 52.6 Å². The van der Waals surface area contributed by atoms with Crippen molar-refractivity contribution in [3.05, 3.63) is 29.8 Å². The fraction of sp³-hybridized carbons (Fsp3) is 0.680. The second kappa shape index (κ2) is 9.51. The summed E-state index contributed by atoms with van der Waals surface area (Å²) in [5, 5.41) is 3.25. The lowest BCUT2D eigenvalue weighted by Crippen LogP contribution is -2.48. The number of anilines is 1. The van der Waals surface area contributed by atoms with Gasteiger partial charge in [0.15, 0.2) is 0 Å². The summed E-state index contributed by atoms with van der Waals surface area (Å²) in [6, 6.07) is 8.93. The average Bonchev–Trinajstić information content (AvgIpc) is 2.72. The van der Waals surface area contributed by atoms with Crippen molar-refractivity contribution in [2.75, 3.05) is 37.6 Å². The summed E-state index contributed by atoms with van der Waals surface area (Å²) in [6.07, 6.45) is 5.66. The lowest BCUT2D eigenvalue weighted by atomic mass is 9.67.